The first kappa shape index (κ1) is 18.8. The Morgan fingerprint density at radius 1 is 1.08 bits per heavy atom. The molecule has 0 spiro atoms. The molecule has 0 saturated heterocycles. The molecule has 0 heterocycles. The molecule has 0 bridgehead atoms. The summed E-state index contributed by atoms with van der Waals surface area (Å²) in [5, 5.41) is 2.96. The van der Waals surface area contributed by atoms with E-state index in [0.717, 1.165) is 23.5 Å². The third-order valence-corrected chi connectivity index (χ3v) is 3.77. The van der Waals surface area contributed by atoms with Crippen molar-refractivity contribution in [3.63, 3.8) is 0 Å². The monoisotopic (exact) mass is 341 g/mol. The fraction of sp³-hybridized carbons (Fsp3) is 0.381. The maximum Gasteiger partial charge on any atom is 0.251 e. The Balaban J connectivity index is 2.08. The first-order valence-corrected chi connectivity index (χ1v) is 8.82. The number of rotatable bonds is 9. The number of carbonyl (C=O) groups excluding carboxylic acids is 1. The van der Waals surface area contributed by atoms with Gasteiger partial charge in [-0.2, -0.15) is 0 Å². The number of nitrogens with one attached hydrogen (secondary N) is 1. The molecular formula is C21H27NO3. The summed E-state index contributed by atoms with van der Waals surface area (Å²) in [6, 6.07) is 15.1. The highest BCUT2D eigenvalue weighted by atomic mass is 16.5. The first-order chi connectivity index (χ1) is 12.1. The van der Waals surface area contributed by atoms with Gasteiger partial charge in [-0.3, -0.25) is 4.79 Å². The fourth-order valence-corrected chi connectivity index (χ4v) is 2.38. The summed E-state index contributed by atoms with van der Waals surface area (Å²) in [7, 11) is 0. The number of amides is 1. The second-order valence-corrected chi connectivity index (χ2v) is 6.30. The third-order valence-electron chi connectivity index (χ3n) is 3.77. The topological polar surface area (TPSA) is 47.6 Å². The largest absolute Gasteiger partial charge is 0.493 e. The summed E-state index contributed by atoms with van der Waals surface area (Å²) < 4.78 is 11.5. The molecule has 25 heavy (non-hydrogen) atoms. The van der Waals surface area contributed by atoms with Crippen LogP contribution in [0.15, 0.2) is 48.5 Å². The quantitative estimate of drug-likeness (QED) is 0.733. The maximum absolute atomic E-state index is 12.3. The standard InChI is InChI=1S/C21H27NO3/c1-4-24-20-11-10-17(21(23)22-13-12-16(2)3)14-18(20)15-25-19-8-6-5-7-9-19/h5-11,14,16H,4,12-13,15H2,1-3H3,(H,22,23). The Morgan fingerprint density at radius 3 is 2.52 bits per heavy atom. The van der Waals surface area contributed by atoms with Gasteiger partial charge in [-0.1, -0.05) is 32.0 Å². The van der Waals surface area contributed by atoms with Gasteiger partial charge in [-0.25, -0.2) is 0 Å². The Morgan fingerprint density at radius 2 is 1.84 bits per heavy atom. The molecule has 0 fully saturated rings. The molecule has 2 aromatic rings. The molecule has 0 atom stereocenters. The van der Waals surface area contributed by atoms with Crippen molar-refractivity contribution in [3.8, 4) is 11.5 Å². The average molecular weight is 341 g/mol. The number of hydrogen-bond donors (Lipinski definition) is 1. The van der Waals surface area contributed by atoms with Gasteiger partial charge in [-0.05, 0) is 49.6 Å². The van der Waals surface area contributed by atoms with Gasteiger partial charge in [0.15, 0.2) is 0 Å². The van der Waals surface area contributed by atoms with Crippen LogP contribution in [0, 0.1) is 5.92 Å². The van der Waals surface area contributed by atoms with E-state index in [2.05, 4.69) is 19.2 Å². The van der Waals surface area contributed by atoms with Crippen LogP contribution < -0.4 is 14.8 Å². The van der Waals surface area contributed by atoms with Gasteiger partial charge < -0.3 is 14.8 Å². The van der Waals surface area contributed by atoms with E-state index in [1.165, 1.54) is 0 Å². The molecule has 4 nitrogen and oxygen atoms in total. The molecule has 2 rings (SSSR count). The van der Waals surface area contributed by atoms with Gasteiger partial charge in [-0.15, -0.1) is 0 Å². The van der Waals surface area contributed by atoms with Crippen LogP contribution in [0.4, 0.5) is 0 Å². The molecular weight excluding hydrogens is 314 g/mol. The lowest BCUT2D eigenvalue weighted by atomic mass is 10.1. The predicted octanol–water partition coefficient (Wildman–Crippen LogP) is 4.44. The zero-order valence-corrected chi connectivity index (χ0v) is 15.2. The van der Waals surface area contributed by atoms with Crippen molar-refractivity contribution in [2.75, 3.05) is 13.2 Å². The summed E-state index contributed by atoms with van der Waals surface area (Å²) in [6.07, 6.45) is 0.965. The fourth-order valence-electron chi connectivity index (χ4n) is 2.38. The smallest absolute Gasteiger partial charge is 0.251 e. The summed E-state index contributed by atoms with van der Waals surface area (Å²) >= 11 is 0. The van der Waals surface area contributed by atoms with Crippen molar-refractivity contribution < 1.29 is 14.3 Å². The Kier molecular flexibility index (Phi) is 7.33. The molecule has 0 aliphatic rings. The normalized spacial score (nSPS) is 10.6. The van der Waals surface area contributed by atoms with E-state index in [1.54, 1.807) is 6.07 Å². The molecule has 4 heteroatoms. The van der Waals surface area contributed by atoms with Crippen LogP contribution in [0.5, 0.6) is 11.5 Å². The minimum absolute atomic E-state index is 0.0651. The van der Waals surface area contributed by atoms with Crippen LogP contribution in [0.1, 0.15) is 43.1 Å². The van der Waals surface area contributed by atoms with Crippen molar-refractivity contribution >= 4 is 5.91 Å². The molecule has 0 aliphatic heterocycles. The second-order valence-electron chi connectivity index (χ2n) is 6.30. The molecule has 134 valence electrons. The zero-order chi connectivity index (χ0) is 18.1. The molecule has 0 unspecified atom stereocenters. The van der Waals surface area contributed by atoms with E-state index in [9.17, 15) is 4.79 Å². The Hall–Kier alpha value is -2.49. The van der Waals surface area contributed by atoms with Crippen molar-refractivity contribution in [3.05, 3.63) is 59.7 Å². The lowest BCUT2D eigenvalue weighted by Crippen LogP contribution is -2.25. The second kappa shape index (κ2) is 9.72. The van der Waals surface area contributed by atoms with Gasteiger partial charge in [0.1, 0.15) is 18.1 Å². The summed E-state index contributed by atoms with van der Waals surface area (Å²) in [5.41, 5.74) is 1.49. The van der Waals surface area contributed by atoms with Crippen LogP contribution in [-0.4, -0.2) is 19.1 Å². The van der Waals surface area contributed by atoms with Crippen molar-refractivity contribution in [2.45, 2.75) is 33.8 Å². The van der Waals surface area contributed by atoms with Crippen molar-refractivity contribution in [2.24, 2.45) is 5.92 Å². The molecule has 0 saturated carbocycles. The average Bonchev–Trinajstić information content (AvgIpc) is 2.61. The van der Waals surface area contributed by atoms with E-state index in [0.29, 0.717) is 31.2 Å². The zero-order valence-electron chi connectivity index (χ0n) is 15.2. The van der Waals surface area contributed by atoms with Gasteiger partial charge in [0, 0.05) is 17.7 Å². The summed E-state index contributed by atoms with van der Waals surface area (Å²) in [4.78, 5) is 12.3. The SMILES string of the molecule is CCOc1ccc(C(=O)NCCC(C)C)cc1COc1ccccc1. The third kappa shape index (κ3) is 6.14. The van der Waals surface area contributed by atoms with Gasteiger partial charge in [0.05, 0.1) is 6.61 Å². The summed E-state index contributed by atoms with van der Waals surface area (Å²) in [6.45, 7) is 7.82. The van der Waals surface area contributed by atoms with Crippen LogP contribution in [0.3, 0.4) is 0 Å². The first-order valence-electron chi connectivity index (χ1n) is 8.82. The van der Waals surface area contributed by atoms with Gasteiger partial charge >= 0.3 is 0 Å². The van der Waals surface area contributed by atoms with E-state index in [1.807, 2.05) is 49.4 Å². The van der Waals surface area contributed by atoms with Crippen LogP contribution >= 0.6 is 0 Å². The number of para-hydroxylation sites is 1. The number of hydrogen-bond acceptors (Lipinski definition) is 3. The van der Waals surface area contributed by atoms with Crippen LogP contribution in [0.2, 0.25) is 0 Å². The van der Waals surface area contributed by atoms with Crippen molar-refractivity contribution in [1.82, 2.24) is 5.32 Å². The number of benzene rings is 2. The predicted molar refractivity (Wildman–Crippen MR) is 100 cm³/mol. The van der Waals surface area contributed by atoms with Crippen molar-refractivity contribution in [1.29, 1.82) is 0 Å². The molecule has 2 aromatic carbocycles. The lowest BCUT2D eigenvalue weighted by molar-refractivity contribution is 0.0952. The Bertz CT molecular complexity index is 668. The van der Waals surface area contributed by atoms with Crippen LogP contribution in [-0.2, 0) is 6.61 Å². The van der Waals surface area contributed by atoms with E-state index >= 15 is 0 Å². The van der Waals surface area contributed by atoms with E-state index in [4.69, 9.17) is 9.47 Å². The van der Waals surface area contributed by atoms with Gasteiger partial charge in [0.25, 0.3) is 5.91 Å². The minimum atomic E-state index is -0.0651. The molecule has 0 aromatic heterocycles. The van der Waals surface area contributed by atoms with Crippen LogP contribution in [0.25, 0.3) is 0 Å². The number of carbonyl (C=O) groups is 1. The Labute approximate surface area is 150 Å². The van der Waals surface area contributed by atoms with E-state index < -0.39 is 0 Å². The highest BCUT2D eigenvalue weighted by molar-refractivity contribution is 5.94. The number of ether oxygens (including phenoxy) is 2. The lowest BCUT2D eigenvalue weighted by Gasteiger charge is -2.14. The maximum atomic E-state index is 12.3. The molecule has 0 aliphatic carbocycles. The molecule has 0 radical (unpaired) electrons. The van der Waals surface area contributed by atoms with Gasteiger partial charge in [0.2, 0.25) is 0 Å². The summed E-state index contributed by atoms with van der Waals surface area (Å²) in [5.74, 6) is 2.04. The highest BCUT2D eigenvalue weighted by Crippen LogP contribution is 2.23. The molecule has 1 amide bonds. The van der Waals surface area contributed by atoms with E-state index in [-0.39, 0.29) is 5.91 Å². The minimum Gasteiger partial charge on any atom is -0.493 e. The molecule has 1 N–H and O–H groups in total. The highest BCUT2D eigenvalue weighted by Gasteiger charge is 2.11.